The lowest BCUT2D eigenvalue weighted by molar-refractivity contribution is 0.0988. The molecule has 4 atom stereocenters. The van der Waals surface area contributed by atoms with Crippen LogP contribution in [0.4, 0.5) is 0 Å². The summed E-state index contributed by atoms with van der Waals surface area (Å²) in [6, 6.07) is 0. The summed E-state index contributed by atoms with van der Waals surface area (Å²) < 4.78 is 54.6. The van der Waals surface area contributed by atoms with E-state index in [0.29, 0.717) is 0 Å². The first-order valence-electron chi connectivity index (χ1n) is 6.82. The van der Waals surface area contributed by atoms with Gasteiger partial charge in [-0.2, -0.15) is 0 Å². The van der Waals surface area contributed by atoms with Gasteiger partial charge >= 0.3 is 0 Å². The molecule has 0 bridgehead atoms. The van der Waals surface area contributed by atoms with Crippen LogP contribution in [0, 0.1) is 24.7 Å². The van der Waals surface area contributed by atoms with Gasteiger partial charge in [-0.25, -0.2) is 16.8 Å². The standard InChI is InChI=1S/C16H22O5S2/c1-7-11-15(9-3)22(17,18)13(5)21-14(6)23(19,20)16(10-4)12-8-2/h1-2,9-10,13-16H,3-4,11-12H2,5-6H3. The van der Waals surface area contributed by atoms with Crippen molar-refractivity contribution in [3.63, 3.8) is 0 Å². The molecule has 7 heteroatoms. The Labute approximate surface area is 139 Å². The molecule has 4 unspecified atom stereocenters. The Morgan fingerprint density at radius 2 is 1.22 bits per heavy atom. The highest BCUT2D eigenvalue weighted by Crippen LogP contribution is 2.21. The van der Waals surface area contributed by atoms with Crippen molar-refractivity contribution in [3.05, 3.63) is 25.3 Å². The van der Waals surface area contributed by atoms with E-state index in [1.807, 2.05) is 0 Å². The number of terminal acetylenes is 2. The van der Waals surface area contributed by atoms with Crippen molar-refractivity contribution in [1.29, 1.82) is 0 Å². The zero-order valence-corrected chi connectivity index (χ0v) is 14.9. The Bertz CT molecular complexity index is 643. The van der Waals surface area contributed by atoms with E-state index in [-0.39, 0.29) is 12.8 Å². The van der Waals surface area contributed by atoms with Crippen molar-refractivity contribution in [1.82, 2.24) is 0 Å². The minimum atomic E-state index is -3.83. The average molecular weight is 358 g/mol. The molecule has 0 amide bonds. The van der Waals surface area contributed by atoms with Gasteiger partial charge in [-0.05, 0) is 13.8 Å². The zero-order valence-electron chi connectivity index (χ0n) is 13.3. The normalized spacial score (nSPS) is 17.0. The maximum Gasteiger partial charge on any atom is 0.184 e. The van der Waals surface area contributed by atoms with Gasteiger partial charge in [0, 0.05) is 12.8 Å². The molecule has 0 N–H and O–H groups in total. The first-order chi connectivity index (χ1) is 10.6. The summed E-state index contributed by atoms with van der Waals surface area (Å²) in [5.41, 5.74) is -2.72. The highest BCUT2D eigenvalue weighted by Gasteiger charge is 2.36. The first kappa shape index (κ1) is 21.5. The second-order valence-corrected chi connectivity index (χ2v) is 9.71. The summed E-state index contributed by atoms with van der Waals surface area (Å²) in [6.45, 7) is 9.40. The molecule has 5 nitrogen and oxygen atoms in total. The molecule has 0 aromatic rings. The molecule has 0 radical (unpaired) electrons. The fraction of sp³-hybridized carbons (Fsp3) is 0.500. The number of rotatable bonds is 10. The Hall–Kier alpha value is -1.54. The van der Waals surface area contributed by atoms with Gasteiger partial charge in [0.05, 0.1) is 10.5 Å². The molecule has 23 heavy (non-hydrogen) atoms. The maximum atomic E-state index is 12.3. The largest absolute Gasteiger partial charge is 0.344 e. The minimum Gasteiger partial charge on any atom is -0.344 e. The van der Waals surface area contributed by atoms with Gasteiger partial charge in [-0.3, -0.25) is 0 Å². The van der Waals surface area contributed by atoms with Crippen LogP contribution >= 0.6 is 0 Å². The molecule has 0 aliphatic rings. The number of hydrogen-bond donors (Lipinski definition) is 0. The summed E-state index contributed by atoms with van der Waals surface area (Å²) in [7, 11) is -7.65. The van der Waals surface area contributed by atoms with Crippen LogP contribution in [-0.4, -0.2) is 38.2 Å². The molecule has 0 heterocycles. The highest BCUT2D eigenvalue weighted by atomic mass is 32.2. The predicted octanol–water partition coefficient (Wildman–Crippen LogP) is 1.68. The van der Waals surface area contributed by atoms with Crippen molar-refractivity contribution in [2.75, 3.05) is 0 Å². The minimum absolute atomic E-state index is 0.0625. The molecule has 128 valence electrons. The molecular formula is C16H22O5S2. The van der Waals surface area contributed by atoms with E-state index >= 15 is 0 Å². The summed E-state index contributed by atoms with van der Waals surface area (Å²) in [5.74, 6) is 4.50. The summed E-state index contributed by atoms with van der Waals surface area (Å²) in [5, 5.41) is -2.00. The number of sulfone groups is 2. The van der Waals surface area contributed by atoms with Gasteiger partial charge in [0.2, 0.25) is 0 Å². The highest BCUT2D eigenvalue weighted by molar-refractivity contribution is 7.93. The fourth-order valence-electron chi connectivity index (χ4n) is 1.82. The maximum absolute atomic E-state index is 12.3. The Balaban J connectivity index is 5.34. The molecular weight excluding hydrogens is 336 g/mol. The van der Waals surface area contributed by atoms with Gasteiger partial charge in [-0.1, -0.05) is 12.2 Å². The molecule has 0 rings (SSSR count). The van der Waals surface area contributed by atoms with Gasteiger partial charge < -0.3 is 4.74 Å². The summed E-state index contributed by atoms with van der Waals surface area (Å²) in [6.07, 6.45) is 12.6. The molecule has 0 aromatic carbocycles. The van der Waals surface area contributed by atoms with Crippen molar-refractivity contribution >= 4 is 19.7 Å². The van der Waals surface area contributed by atoms with E-state index in [0.717, 1.165) is 0 Å². The molecule has 0 aromatic heterocycles. The lowest BCUT2D eigenvalue weighted by atomic mass is 10.3. The van der Waals surface area contributed by atoms with E-state index in [1.54, 1.807) is 0 Å². The van der Waals surface area contributed by atoms with Gasteiger partial charge in [0.15, 0.2) is 30.5 Å². The predicted molar refractivity (Wildman–Crippen MR) is 92.7 cm³/mol. The molecule has 0 saturated carbocycles. The van der Waals surface area contributed by atoms with Crippen LogP contribution in [0.25, 0.3) is 0 Å². The van der Waals surface area contributed by atoms with Crippen molar-refractivity contribution in [2.45, 2.75) is 48.1 Å². The third-order valence-corrected chi connectivity index (χ3v) is 7.80. The second-order valence-electron chi connectivity index (χ2n) is 4.81. The van der Waals surface area contributed by atoms with Crippen LogP contribution in [0.3, 0.4) is 0 Å². The summed E-state index contributed by atoms with van der Waals surface area (Å²) in [4.78, 5) is 0. The molecule has 0 aliphatic carbocycles. The van der Waals surface area contributed by atoms with Gasteiger partial charge in [-0.15, -0.1) is 37.8 Å². The Morgan fingerprint density at radius 3 is 1.43 bits per heavy atom. The zero-order chi connectivity index (χ0) is 18.3. The SMILES string of the molecule is C#CCC(C=C)S(=O)(=O)C(C)OC(C)S(=O)(=O)C(C=C)CC#C. The van der Waals surface area contributed by atoms with Crippen LogP contribution in [0.1, 0.15) is 26.7 Å². The van der Waals surface area contributed by atoms with E-state index in [2.05, 4.69) is 25.0 Å². The monoisotopic (exact) mass is 358 g/mol. The van der Waals surface area contributed by atoms with Crippen molar-refractivity contribution in [3.8, 4) is 24.7 Å². The smallest absolute Gasteiger partial charge is 0.184 e. The average Bonchev–Trinajstić information content (AvgIpc) is 2.49. The topological polar surface area (TPSA) is 77.5 Å². The molecule has 0 saturated heterocycles. The van der Waals surface area contributed by atoms with E-state index in [9.17, 15) is 16.8 Å². The summed E-state index contributed by atoms with van der Waals surface area (Å²) >= 11 is 0. The lowest BCUT2D eigenvalue weighted by Gasteiger charge is -2.24. The van der Waals surface area contributed by atoms with Crippen LogP contribution in [0.15, 0.2) is 25.3 Å². The number of hydrogen-bond acceptors (Lipinski definition) is 5. The van der Waals surface area contributed by atoms with Gasteiger partial charge in [0.25, 0.3) is 0 Å². The van der Waals surface area contributed by atoms with Crippen LogP contribution in [-0.2, 0) is 24.4 Å². The van der Waals surface area contributed by atoms with E-state index in [1.165, 1.54) is 26.0 Å². The van der Waals surface area contributed by atoms with Crippen LogP contribution < -0.4 is 0 Å². The second kappa shape index (κ2) is 8.93. The quantitative estimate of drug-likeness (QED) is 0.439. The van der Waals surface area contributed by atoms with Crippen molar-refractivity contribution in [2.24, 2.45) is 0 Å². The molecule has 0 fully saturated rings. The van der Waals surface area contributed by atoms with E-state index < -0.39 is 41.0 Å². The Kier molecular flexibility index (Phi) is 8.33. The van der Waals surface area contributed by atoms with Crippen molar-refractivity contribution < 1.29 is 21.6 Å². The van der Waals surface area contributed by atoms with Gasteiger partial charge in [0.1, 0.15) is 0 Å². The lowest BCUT2D eigenvalue weighted by Crippen LogP contribution is -2.38. The third kappa shape index (κ3) is 5.24. The fourth-order valence-corrected chi connectivity index (χ4v) is 4.71. The van der Waals surface area contributed by atoms with Crippen LogP contribution in [0.2, 0.25) is 0 Å². The number of ether oxygens (including phenoxy) is 1. The molecule has 0 spiro atoms. The van der Waals surface area contributed by atoms with Crippen LogP contribution in [0.5, 0.6) is 0 Å². The Morgan fingerprint density at radius 1 is 0.913 bits per heavy atom. The molecule has 0 aliphatic heterocycles. The first-order valence-corrected chi connectivity index (χ1v) is 10.0. The van der Waals surface area contributed by atoms with E-state index in [4.69, 9.17) is 17.6 Å². The third-order valence-electron chi connectivity index (χ3n) is 3.32.